The lowest BCUT2D eigenvalue weighted by Crippen LogP contribution is -2.18. The molecule has 1 unspecified atom stereocenters. The Hall–Kier alpha value is -2.90. The van der Waals surface area contributed by atoms with Gasteiger partial charge in [-0.05, 0) is 55.6 Å². The van der Waals surface area contributed by atoms with E-state index in [0.29, 0.717) is 16.3 Å². The van der Waals surface area contributed by atoms with Crippen molar-refractivity contribution in [2.45, 2.75) is 63.6 Å². The molecule has 37 heavy (non-hydrogen) atoms. The van der Waals surface area contributed by atoms with Gasteiger partial charge in [-0.3, -0.25) is 4.18 Å². The zero-order valence-corrected chi connectivity index (χ0v) is 22.9. The summed E-state index contributed by atoms with van der Waals surface area (Å²) in [5, 5.41) is 2.81. The Labute approximate surface area is 218 Å². The first-order valence-corrected chi connectivity index (χ1v) is 13.0. The number of hydrogen-bond donors (Lipinski definition) is 0. The number of fused-ring (bicyclic) bond motifs is 2. The Bertz CT molecular complexity index is 1510. The normalized spacial score (nSPS) is 13.8. The molecule has 7 heteroatoms. The summed E-state index contributed by atoms with van der Waals surface area (Å²) in [5.41, 5.74) is 2.46. The second kappa shape index (κ2) is 9.44. The molecule has 4 aromatic rings. The lowest BCUT2D eigenvalue weighted by Gasteiger charge is -2.23. The van der Waals surface area contributed by atoms with Crippen molar-refractivity contribution in [3.63, 3.8) is 0 Å². The van der Waals surface area contributed by atoms with Crippen molar-refractivity contribution in [3.05, 3.63) is 71.8 Å². The van der Waals surface area contributed by atoms with Crippen LogP contribution >= 0.6 is 0 Å². The Balaban J connectivity index is 2.16. The summed E-state index contributed by atoms with van der Waals surface area (Å²) in [4.78, 5) is 0.276. The monoisotopic (exact) mass is 528 g/mol. The van der Waals surface area contributed by atoms with Gasteiger partial charge < -0.3 is 4.74 Å². The quantitative estimate of drug-likeness (QED) is 0.265. The second-order valence-corrected chi connectivity index (χ2v) is 12.4. The van der Waals surface area contributed by atoms with Crippen molar-refractivity contribution in [2.75, 3.05) is 7.11 Å². The number of halogens is 3. The molecule has 0 saturated carbocycles. The van der Waals surface area contributed by atoms with Gasteiger partial charge >= 0.3 is 6.36 Å². The molecule has 0 heterocycles. The SMILES string of the molecule is COS(=O)c1ccc2cc(C(C)(C)C)ccc2c1-c1c(OC(F)(F)F)ccc2cc(C(C)(C)C)ccc12. The smallest absolute Gasteiger partial charge is 0.405 e. The minimum absolute atomic E-state index is 0.129. The highest BCUT2D eigenvalue weighted by molar-refractivity contribution is 7.80. The van der Waals surface area contributed by atoms with Crippen LogP contribution in [0.15, 0.2) is 65.6 Å². The van der Waals surface area contributed by atoms with E-state index in [4.69, 9.17) is 4.18 Å². The Kier molecular flexibility index (Phi) is 6.93. The average molecular weight is 529 g/mol. The van der Waals surface area contributed by atoms with Gasteiger partial charge in [0.25, 0.3) is 0 Å². The van der Waals surface area contributed by atoms with Gasteiger partial charge in [0.1, 0.15) is 5.75 Å². The Morgan fingerprint density at radius 1 is 0.676 bits per heavy atom. The van der Waals surface area contributed by atoms with E-state index in [1.807, 2.05) is 42.5 Å². The minimum Gasteiger partial charge on any atom is -0.405 e. The van der Waals surface area contributed by atoms with Crippen molar-refractivity contribution in [1.29, 1.82) is 0 Å². The third-order valence-electron chi connectivity index (χ3n) is 6.50. The predicted octanol–water partition coefficient (Wildman–Crippen LogP) is 8.82. The van der Waals surface area contributed by atoms with Crippen LogP contribution in [-0.2, 0) is 26.1 Å². The summed E-state index contributed by atoms with van der Waals surface area (Å²) in [5.74, 6) is -0.356. The van der Waals surface area contributed by atoms with E-state index in [9.17, 15) is 17.4 Å². The maximum Gasteiger partial charge on any atom is 0.573 e. The van der Waals surface area contributed by atoms with Gasteiger partial charge in [0.2, 0.25) is 0 Å². The molecule has 0 saturated heterocycles. The fourth-order valence-corrected chi connectivity index (χ4v) is 5.24. The van der Waals surface area contributed by atoms with Crippen LogP contribution < -0.4 is 4.74 Å². The van der Waals surface area contributed by atoms with E-state index in [2.05, 4.69) is 46.3 Å². The molecule has 0 radical (unpaired) electrons. The first kappa shape index (κ1) is 27.1. The number of rotatable bonds is 4. The standard InChI is InChI=1S/C30H31F3O3S/c1-28(2,3)20-10-12-22-18(16-20)8-14-24(36-30(31,32)33)26(22)27-23-13-11-21(29(4,5)6)17-19(23)9-15-25(27)37(34)35-7/h8-17H,1-7H3. The maximum absolute atomic E-state index is 13.6. The molecule has 196 valence electrons. The largest absolute Gasteiger partial charge is 0.573 e. The molecule has 4 aromatic carbocycles. The van der Waals surface area contributed by atoms with Crippen LogP contribution in [0.3, 0.4) is 0 Å². The zero-order valence-electron chi connectivity index (χ0n) is 22.0. The van der Waals surface area contributed by atoms with Crippen LogP contribution in [0, 0.1) is 0 Å². The van der Waals surface area contributed by atoms with Crippen LogP contribution in [0.5, 0.6) is 5.75 Å². The molecular weight excluding hydrogens is 497 g/mol. The van der Waals surface area contributed by atoms with Crippen LogP contribution in [0.25, 0.3) is 32.7 Å². The molecule has 0 N–H and O–H groups in total. The highest BCUT2D eigenvalue weighted by atomic mass is 32.2. The third-order valence-corrected chi connectivity index (χ3v) is 7.50. The van der Waals surface area contributed by atoms with E-state index in [1.165, 1.54) is 13.2 Å². The van der Waals surface area contributed by atoms with Crippen LogP contribution in [0.4, 0.5) is 13.2 Å². The van der Waals surface area contributed by atoms with Crippen LogP contribution in [0.2, 0.25) is 0 Å². The summed E-state index contributed by atoms with van der Waals surface area (Å²) < 4.78 is 63.4. The molecule has 1 atom stereocenters. The Morgan fingerprint density at radius 2 is 1.16 bits per heavy atom. The molecule has 0 bridgehead atoms. The van der Waals surface area contributed by atoms with Crippen LogP contribution in [0.1, 0.15) is 52.7 Å². The van der Waals surface area contributed by atoms with Crippen molar-refractivity contribution in [3.8, 4) is 16.9 Å². The second-order valence-electron chi connectivity index (χ2n) is 11.2. The molecule has 0 amide bonds. The minimum atomic E-state index is -4.90. The van der Waals surface area contributed by atoms with Gasteiger partial charge in [-0.25, -0.2) is 4.21 Å². The summed E-state index contributed by atoms with van der Waals surface area (Å²) in [6.45, 7) is 12.5. The van der Waals surface area contributed by atoms with E-state index in [0.717, 1.165) is 21.9 Å². The molecule has 0 aliphatic carbocycles. The fourth-order valence-electron chi connectivity index (χ4n) is 4.51. The van der Waals surface area contributed by atoms with Crippen molar-refractivity contribution >= 4 is 32.6 Å². The first-order valence-electron chi connectivity index (χ1n) is 12.0. The van der Waals surface area contributed by atoms with E-state index >= 15 is 0 Å². The summed E-state index contributed by atoms with van der Waals surface area (Å²) in [6, 6.07) is 18.0. The van der Waals surface area contributed by atoms with Gasteiger partial charge in [-0.1, -0.05) is 90.1 Å². The molecule has 0 fully saturated rings. The van der Waals surface area contributed by atoms with Gasteiger partial charge in [-0.2, -0.15) is 0 Å². The Morgan fingerprint density at radius 3 is 1.62 bits per heavy atom. The van der Waals surface area contributed by atoms with Crippen molar-refractivity contribution in [1.82, 2.24) is 0 Å². The lowest BCUT2D eigenvalue weighted by molar-refractivity contribution is -0.274. The molecule has 0 spiro atoms. The summed E-state index contributed by atoms with van der Waals surface area (Å²) >= 11 is -1.91. The molecular formula is C30H31F3O3S. The van der Waals surface area contributed by atoms with Crippen molar-refractivity contribution in [2.24, 2.45) is 0 Å². The molecule has 0 aliphatic heterocycles. The van der Waals surface area contributed by atoms with Gasteiger partial charge in [0.05, 0.1) is 12.0 Å². The molecule has 3 nitrogen and oxygen atoms in total. The van der Waals surface area contributed by atoms with Crippen molar-refractivity contribution < 1.29 is 26.3 Å². The van der Waals surface area contributed by atoms with Gasteiger partial charge in [0.15, 0.2) is 11.1 Å². The predicted molar refractivity (Wildman–Crippen MR) is 144 cm³/mol. The third kappa shape index (κ3) is 5.53. The number of hydrogen-bond acceptors (Lipinski definition) is 3. The van der Waals surface area contributed by atoms with E-state index < -0.39 is 17.4 Å². The summed E-state index contributed by atoms with van der Waals surface area (Å²) in [7, 11) is 1.30. The number of ether oxygens (including phenoxy) is 1. The highest BCUT2D eigenvalue weighted by Crippen LogP contribution is 2.46. The first-order chi connectivity index (χ1) is 17.1. The number of benzene rings is 4. The zero-order chi connectivity index (χ0) is 27.3. The topological polar surface area (TPSA) is 35.5 Å². The molecule has 0 aromatic heterocycles. The average Bonchev–Trinajstić information content (AvgIpc) is 2.80. The van der Waals surface area contributed by atoms with Gasteiger partial charge in [0, 0.05) is 11.1 Å². The fraction of sp³-hybridized carbons (Fsp3) is 0.333. The number of alkyl halides is 3. The maximum atomic E-state index is 13.6. The van der Waals surface area contributed by atoms with Crippen LogP contribution in [-0.4, -0.2) is 17.7 Å². The molecule has 0 aliphatic rings. The van der Waals surface area contributed by atoms with Gasteiger partial charge in [-0.15, -0.1) is 13.2 Å². The lowest BCUT2D eigenvalue weighted by atomic mass is 9.83. The highest BCUT2D eigenvalue weighted by Gasteiger charge is 2.34. The summed E-state index contributed by atoms with van der Waals surface area (Å²) in [6.07, 6.45) is -4.90. The molecule has 4 rings (SSSR count). The van der Waals surface area contributed by atoms with E-state index in [1.54, 1.807) is 12.1 Å². The van der Waals surface area contributed by atoms with E-state index in [-0.39, 0.29) is 27.0 Å².